The number of carbonyl (C=O) groups is 3. The molecule has 2 amide bonds. The van der Waals surface area contributed by atoms with Gasteiger partial charge in [0.25, 0.3) is 21.8 Å². The highest BCUT2D eigenvalue weighted by molar-refractivity contribution is 7.90. The first-order valence-electron chi connectivity index (χ1n) is 10.5. The highest BCUT2D eigenvalue weighted by Gasteiger charge is 2.20. The van der Waals surface area contributed by atoms with Gasteiger partial charge in [-0.15, -0.1) is 0 Å². The Labute approximate surface area is 212 Å². The van der Waals surface area contributed by atoms with Gasteiger partial charge in [-0.05, 0) is 54.4 Å². The number of sulfonamides is 1. The Morgan fingerprint density at radius 3 is 2.44 bits per heavy atom. The van der Waals surface area contributed by atoms with E-state index in [0.717, 1.165) is 6.20 Å². The summed E-state index contributed by atoms with van der Waals surface area (Å²) >= 11 is 6.09. The Morgan fingerprint density at radius 1 is 1.00 bits per heavy atom. The molecule has 0 aliphatic heterocycles. The quantitative estimate of drug-likeness (QED) is 0.401. The summed E-state index contributed by atoms with van der Waals surface area (Å²) in [7, 11) is -1.53. The molecule has 0 saturated carbocycles. The molecule has 36 heavy (non-hydrogen) atoms. The first-order valence-corrected chi connectivity index (χ1v) is 12.3. The number of halogens is 1. The molecular weight excluding hydrogens is 510 g/mol. The molecule has 12 heteroatoms. The van der Waals surface area contributed by atoms with Crippen molar-refractivity contribution in [2.75, 3.05) is 20.8 Å². The molecule has 0 spiro atoms. The van der Waals surface area contributed by atoms with Crippen molar-refractivity contribution in [2.24, 2.45) is 0 Å². The number of benzene rings is 2. The molecule has 1 aromatic heterocycles. The lowest BCUT2D eigenvalue weighted by Gasteiger charge is -2.10. The van der Waals surface area contributed by atoms with E-state index < -0.39 is 27.8 Å². The molecule has 0 fully saturated rings. The lowest BCUT2D eigenvalue weighted by Crippen LogP contribution is -2.31. The zero-order valence-corrected chi connectivity index (χ0v) is 20.9. The van der Waals surface area contributed by atoms with Crippen LogP contribution in [0.5, 0.6) is 5.75 Å². The second-order valence-corrected chi connectivity index (χ2v) is 9.45. The molecule has 3 rings (SSSR count). The fraction of sp³-hybridized carbons (Fsp3) is 0.167. The van der Waals surface area contributed by atoms with Crippen molar-refractivity contribution in [3.05, 3.63) is 88.2 Å². The molecule has 2 aromatic carbocycles. The summed E-state index contributed by atoms with van der Waals surface area (Å²) in [5.41, 5.74) is 0.794. The third-order valence-electron chi connectivity index (χ3n) is 4.97. The van der Waals surface area contributed by atoms with Crippen LogP contribution in [0.15, 0.2) is 65.7 Å². The number of amides is 2. The summed E-state index contributed by atoms with van der Waals surface area (Å²) < 4.78 is 37.1. The number of pyridine rings is 1. The Kier molecular flexibility index (Phi) is 8.62. The molecule has 0 bridgehead atoms. The van der Waals surface area contributed by atoms with E-state index >= 15 is 0 Å². The number of hydrogen-bond donors (Lipinski definition) is 2. The average Bonchev–Trinajstić information content (AvgIpc) is 2.88. The minimum Gasteiger partial charge on any atom is -0.497 e. The number of carbonyl (C=O) groups excluding carboxylic acids is 3. The second-order valence-electron chi connectivity index (χ2n) is 7.36. The van der Waals surface area contributed by atoms with Gasteiger partial charge >= 0.3 is 5.97 Å². The van der Waals surface area contributed by atoms with Gasteiger partial charge in [0, 0.05) is 12.7 Å². The summed E-state index contributed by atoms with van der Waals surface area (Å²) in [5.74, 6) is -1.51. The van der Waals surface area contributed by atoms with Crippen molar-refractivity contribution >= 4 is 39.4 Å². The van der Waals surface area contributed by atoms with Gasteiger partial charge in [0.15, 0.2) is 0 Å². The molecule has 188 valence electrons. The monoisotopic (exact) mass is 531 g/mol. The molecule has 3 aromatic rings. The number of hydrogen-bond acceptors (Lipinski definition) is 8. The molecule has 0 aliphatic rings. The Bertz CT molecular complexity index is 1390. The Balaban J connectivity index is 1.63. The van der Waals surface area contributed by atoms with Crippen molar-refractivity contribution in [1.29, 1.82) is 0 Å². The molecule has 10 nitrogen and oxygen atoms in total. The minimum atomic E-state index is -4.20. The van der Waals surface area contributed by atoms with E-state index in [0.29, 0.717) is 17.7 Å². The molecule has 0 atom stereocenters. The van der Waals surface area contributed by atoms with E-state index in [1.54, 1.807) is 18.2 Å². The van der Waals surface area contributed by atoms with Crippen LogP contribution in [0, 0.1) is 0 Å². The normalized spacial score (nSPS) is 10.9. The summed E-state index contributed by atoms with van der Waals surface area (Å²) in [6.45, 7) is 0.209. The predicted molar refractivity (Wildman–Crippen MR) is 131 cm³/mol. The topological polar surface area (TPSA) is 141 Å². The maximum absolute atomic E-state index is 12.7. The van der Waals surface area contributed by atoms with Crippen molar-refractivity contribution < 1.29 is 32.3 Å². The van der Waals surface area contributed by atoms with E-state index in [2.05, 4.69) is 15.0 Å². The summed E-state index contributed by atoms with van der Waals surface area (Å²) in [6.07, 6.45) is 1.40. The first kappa shape index (κ1) is 26.6. The molecule has 1 heterocycles. The van der Waals surface area contributed by atoms with E-state index in [9.17, 15) is 22.8 Å². The number of nitrogens with one attached hydrogen (secondary N) is 2. The molecular formula is C24H22ClN3O7S. The number of esters is 1. The molecule has 0 aliphatic carbocycles. The van der Waals surface area contributed by atoms with Crippen molar-refractivity contribution in [1.82, 2.24) is 15.0 Å². The van der Waals surface area contributed by atoms with Gasteiger partial charge in [-0.1, -0.05) is 23.7 Å². The van der Waals surface area contributed by atoms with Crippen molar-refractivity contribution in [3.63, 3.8) is 0 Å². The first-order chi connectivity index (χ1) is 17.1. The fourth-order valence-electron chi connectivity index (χ4n) is 3.08. The van der Waals surface area contributed by atoms with Crippen LogP contribution in [-0.4, -0.2) is 51.9 Å². The van der Waals surface area contributed by atoms with E-state index in [1.807, 2.05) is 4.72 Å². The lowest BCUT2D eigenvalue weighted by molar-refractivity contribution is 0.0593. The highest BCUT2D eigenvalue weighted by Crippen LogP contribution is 2.22. The van der Waals surface area contributed by atoms with Crippen LogP contribution in [0.3, 0.4) is 0 Å². The number of rotatable bonds is 9. The summed E-state index contributed by atoms with van der Waals surface area (Å²) in [5, 5.41) is 3.00. The number of methoxy groups -OCH3 is 2. The average molecular weight is 532 g/mol. The fourth-order valence-corrected chi connectivity index (χ4v) is 4.33. The number of ether oxygens (including phenoxy) is 2. The third-order valence-corrected chi connectivity index (χ3v) is 6.63. The lowest BCUT2D eigenvalue weighted by atomic mass is 10.1. The van der Waals surface area contributed by atoms with E-state index in [1.165, 1.54) is 50.6 Å². The molecule has 0 saturated heterocycles. The van der Waals surface area contributed by atoms with E-state index in [-0.39, 0.29) is 33.3 Å². The Hall–Kier alpha value is -3.96. The summed E-state index contributed by atoms with van der Waals surface area (Å²) in [6, 6.07) is 13.2. The van der Waals surface area contributed by atoms with Gasteiger partial charge in [-0.3, -0.25) is 9.59 Å². The molecule has 0 unspecified atom stereocenters. The van der Waals surface area contributed by atoms with Crippen molar-refractivity contribution in [2.45, 2.75) is 11.3 Å². The zero-order chi connectivity index (χ0) is 26.3. The van der Waals surface area contributed by atoms with Gasteiger partial charge in [0.1, 0.15) is 11.4 Å². The minimum absolute atomic E-state index is 0.0228. The standard InChI is InChI=1S/C24H22ClN3O7S/c1-34-17-7-8-20(25)19(13-17)23(30)26-11-10-15-4-3-5-18(12-15)36(32,33)28-22(29)16-6-9-21(27-14-16)24(31)35-2/h3-9,12-14H,10-11H2,1-2H3,(H,26,30)(H,28,29). The van der Waals surface area contributed by atoms with Crippen LogP contribution in [0.4, 0.5) is 0 Å². The van der Waals surface area contributed by atoms with Gasteiger partial charge in [0.2, 0.25) is 0 Å². The van der Waals surface area contributed by atoms with Crippen LogP contribution in [0.2, 0.25) is 5.02 Å². The van der Waals surface area contributed by atoms with Crippen LogP contribution in [0.1, 0.15) is 36.8 Å². The molecule has 0 radical (unpaired) electrons. The van der Waals surface area contributed by atoms with Gasteiger partial charge in [-0.25, -0.2) is 22.9 Å². The maximum Gasteiger partial charge on any atom is 0.356 e. The van der Waals surface area contributed by atoms with Crippen LogP contribution in [-0.2, 0) is 21.2 Å². The third kappa shape index (κ3) is 6.58. The summed E-state index contributed by atoms with van der Waals surface area (Å²) in [4.78, 5) is 40.0. The van der Waals surface area contributed by atoms with Gasteiger partial charge < -0.3 is 14.8 Å². The number of aromatic nitrogens is 1. The zero-order valence-electron chi connectivity index (χ0n) is 19.3. The molecule has 2 N–H and O–H groups in total. The van der Waals surface area contributed by atoms with Crippen LogP contribution < -0.4 is 14.8 Å². The van der Waals surface area contributed by atoms with E-state index in [4.69, 9.17) is 16.3 Å². The smallest absolute Gasteiger partial charge is 0.356 e. The van der Waals surface area contributed by atoms with Gasteiger partial charge in [0.05, 0.1) is 35.3 Å². The van der Waals surface area contributed by atoms with Gasteiger partial charge in [-0.2, -0.15) is 0 Å². The highest BCUT2D eigenvalue weighted by atomic mass is 35.5. The largest absolute Gasteiger partial charge is 0.497 e. The Morgan fingerprint density at radius 2 is 1.78 bits per heavy atom. The van der Waals surface area contributed by atoms with Crippen LogP contribution in [0.25, 0.3) is 0 Å². The van der Waals surface area contributed by atoms with Crippen molar-refractivity contribution in [3.8, 4) is 5.75 Å². The SMILES string of the molecule is COC(=O)c1ccc(C(=O)NS(=O)(=O)c2cccc(CCNC(=O)c3cc(OC)ccc3Cl)c2)cn1. The second kappa shape index (κ2) is 11.6. The van der Waals surface area contributed by atoms with Crippen LogP contribution >= 0.6 is 11.6 Å². The predicted octanol–water partition coefficient (Wildman–Crippen LogP) is 2.62. The number of nitrogens with zero attached hydrogens (tertiary/aromatic N) is 1. The maximum atomic E-state index is 12.7.